The number of nitro benzene ring substituents is 1. The SMILES string of the molecule is Cc1ccc(NC(=O)CC2CNCCO2)cc1[N+](=O)[O-]. The number of carbonyl (C=O) groups excluding carboxylic acids is 1. The monoisotopic (exact) mass is 279 g/mol. The van der Waals surface area contributed by atoms with Gasteiger partial charge in [0.2, 0.25) is 5.91 Å². The molecule has 0 saturated carbocycles. The highest BCUT2D eigenvalue weighted by atomic mass is 16.6. The molecule has 7 heteroatoms. The Hall–Kier alpha value is -1.99. The largest absolute Gasteiger partial charge is 0.375 e. The van der Waals surface area contributed by atoms with Crippen LogP contribution < -0.4 is 10.6 Å². The Labute approximate surface area is 116 Å². The molecule has 0 spiro atoms. The van der Waals surface area contributed by atoms with Crippen molar-refractivity contribution < 1.29 is 14.5 Å². The van der Waals surface area contributed by atoms with Crippen molar-refractivity contribution in [2.45, 2.75) is 19.4 Å². The molecule has 2 N–H and O–H groups in total. The lowest BCUT2D eigenvalue weighted by atomic mass is 10.1. The number of ether oxygens (including phenoxy) is 1. The lowest BCUT2D eigenvalue weighted by Crippen LogP contribution is -2.40. The second-order valence-electron chi connectivity index (χ2n) is 4.71. The third kappa shape index (κ3) is 3.75. The molecule has 7 nitrogen and oxygen atoms in total. The molecule has 108 valence electrons. The van der Waals surface area contributed by atoms with E-state index in [-0.39, 0.29) is 24.1 Å². The van der Waals surface area contributed by atoms with E-state index in [4.69, 9.17) is 4.74 Å². The van der Waals surface area contributed by atoms with Gasteiger partial charge in [-0.05, 0) is 13.0 Å². The maximum absolute atomic E-state index is 11.9. The van der Waals surface area contributed by atoms with E-state index in [0.717, 1.165) is 6.54 Å². The summed E-state index contributed by atoms with van der Waals surface area (Å²) in [7, 11) is 0. The number of carbonyl (C=O) groups is 1. The van der Waals surface area contributed by atoms with Crippen LogP contribution in [-0.2, 0) is 9.53 Å². The average Bonchev–Trinajstić information content (AvgIpc) is 2.41. The summed E-state index contributed by atoms with van der Waals surface area (Å²) in [6.45, 7) is 3.68. The summed E-state index contributed by atoms with van der Waals surface area (Å²) in [6.07, 6.45) is 0.0819. The van der Waals surface area contributed by atoms with Crippen LogP contribution in [-0.4, -0.2) is 36.6 Å². The fourth-order valence-electron chi connectivity index (χ4n) is 2.05. The van der Waals surface area contributed by atoms with Crippen molar-refractivity contribution in [3.05, 3.63) is 33.9 Å². The molecule has 1 atom stereocenters. The highest BCUT2D eigenvalue weighted by Crippen LogP contribution is 2.22. The Morgan fingerprint density at radius 1 is 1.60 bits per heavy atom. The molecule has 0 bridgehead atoms. The van der Waals surface area contributed by atoms with Crippen molar-refractivity contribution in [2.24, 2.45) is 0 Å². The number of benzene rings is 1. The zero-order valence-corrected chi connectivity index (χ0v) is 11.2. The van der Waals surface area contributed by atoms with Gasteiger partial charge in [0.15, 0.2) is 0 Å². The highest BCUT2D eigenvalue weighted by Gasteiger charge is 2.18. The van der Waals surface area contributed by atoms with Crippen LogP contribution in [0.2, 0.25) is 0 Å². The molecule has 1 amide bonds. The van der Waals surface area contributed by atoms with Crippen LogP contribution in [0, 0.1) is 17.0 Å². The van der Waals surface area contributed by atoms with E-state index in [1.165, 1.54) is 6.07 Å². The summed E-state index contributed by atoms with van der Waals surface area (Å²) in [6, 6.07) is 4.64. The first-order chi connectivity index (χ1) is 9.56. The summed E-state index contributed by atoms with van der Waals surface area (Å²) in [5, 5.41) is 16.6. The molecular weight excluding hydrogens is 262 g/mol. The second kappa shape index (κ2) is 6.44. The quantitative estimate of drug-likeness (QED) is 0.638. The highest BCUT2D eigenvalue weighted by molar-refractivity contribution is 5.91. The number of anilines is 1. The third-order valence-corrected chi connectivity index (χ3v) is 3.11. The van der Waals surface area contributed by atoms with Gasteiger partial charge in [-0.25, -0.2) is 0 Å². The van der Waals surface area contributed by atoms with Gasteiger partial charge in [-0.2, -0.15) is 0 Å². The first kappa shape index (κ1) is 14.4. The van der Waals surface area contributed by atoms with Gasteiger partial charge in [0.25, 0.3) is 5.69 Å². The Kier molecular flexibility index (Phi) is 4.65. The van der Waals surface area contributed by atoms with Crippen LogP contribution in [0.3, 0.4) is 0 Å². The van der Waals surface area contributed by atoms with Crippen molar-refractivity contribution in [3.63, 3.8) is 0 Å². The van der Waals surface area contributed by atoms with E-state index in [2.05, 4.69) is 10.6 Å². The first-order valence-corrected chi connectivity index (χ1v) is 6.43. The summed E-state index contributed by atoms with van der Waals surface area (Å²) < 4.78 is 5.44. The van der Waals surface area contributed by atoms with Crippen molar-refractivity contribution >= 4 is 17.3 Å². The van der Waals surface area contributed by atoms with Gasteiger partial charge >= 0.3 is 0 Å². The molecule has 1 aromatic carbocycles. The van der Waals surface area contributed by atoms with Gasteiger partial charge in [-0.3, -0.25) is 14.9 Å². The topological polar surface area (TPSA) is 93.5 Å². The van der Waals surface area contributed by atoms with Crippen molar-refractivity contribution in [3.8, 4) is 0 Å². The molecule has 0 aromatic heterocycles. The Bertz CT molecular complexity index is 512. The number of morpholine rings is 1. The van der Waals surface area contributed by atoms with E-state index in [1.807, 2.05) is 0 Å². The molecule has 1 heterocycles. The van der Waals surface area contributed by atoms with Gasteiger partial charge in [-0.1, -0.05) is 6.07 Å². The van der Waals surface area contributed by atoms with Crippen LogP contribution in [0.1, 0.15) is 12.0 Å². The second-order valence-corrected chi connectivity index (χ2v) is 4.71. The summed E-state index contributed by atoms with van der Waals surface area (Å²) in [5.74, 6) is -0.211. The van der Waals surface area contributed by atoms with Crippen LogP contribution in [0.5, 0.6) is 0 Å². The van der Waals surface area contributed by atoms with Crippen LogP contribution in [0.4, 0.5) is 11.4 Å². The molecule has 1 saturated heterocycles. The normalized spacial score (nSPS) is 18.6. The van der Waals surface area contributed by atoms with Gasteiger partial charge in [0, 0.05) is 30.4 Å². The number of aryl methyl sites for hydroxylation is 1. The molecule has 2 rings (SSSR count). The molecular formula is C13H17N3O4. The summed E-state index contributed by atoms with van der Waals surface area (Å²) >= 11 is 0. The zero-order valence-electron chi connectivity index (χ0n) is 11.2. The fraction of sp³-hybridized carbons (Fsp3) is 0.462. The molecule has 20 heavy (non-hydrogen) atoms. The maximum Gasteiger partial charge on any atom is 0.274 e. The van der Waals surface area contributed by atoms with Gasteiger partial charge in [0.1, 0.15) is 0 Å². The van der Waals surface area contributed by atoms with E-state index in [9.17, 15) is 14.9 Å². The first-order valence-electron chi connectivity index (χ1n) is 6.43. The molecule has 0 radical (unpaired) electrons. The molecule has 1 fully saturated rings. The Balaban J connectivity index is 1.96. The summed E-state index contributed by atoms with van der Waals surface area (Å²) in [5.41, 5.74) is 0.988. The van der Waals surface area contributed by atoms with Gasteiger partial charge < -0.3 is 15.4 Å². The van der Waals surface area contributed by atoms with E-state index < -0.39 is 4.92 Å². The lowest BCUT2D eigenvalue weighted by molar-refractivity contribution is -0.385. The minimum Gasteiger partial charge on any atom is -0.375 e. The van der Waals surface area contributed by atoms with Crippen molar-refractivity contribution in [2.75, 3.05) is 25.0 Å². The minimum atomic E-state index is -0.459. The minimum absolute atomic E-state index is 0.00150. The van der Waals surface area contributed by atoms with Gasteiger partial charge in [0.05, 0.1) is 24.1 Å². The number of nitrogens with zero attached hydrogens (tertiary/aromatic N) is 1. The molecule has 1 aliphatic heterocycles. The maximum atomic E-state index is 11.9. The fourth-order valence-corrected chi connectivity index (χ4v) is 2.05. The number of rotatable bonds is 4. The van der Waals surface area contributed by atoms with Crippen molar-refractivity contribution in [1.82, 2.24) is 5.32 Å². The predicted molar refractivity (Wildman–Crippen MR) is 73.7 cm³/mol. The molecule has 1 aliphatic rings. The lowest BCUT2D eigenvalue weighted by Gasteiger charge is -2.23. The summed E-state index contributed by atoms with van der Waals surface area (Å²) in [4.78, 5) is 22.2. The Morgan fingerprint density at radius 3 is 3.05 bits per heavy atom. The number of hydrogen-bond donors (Lipinski definition) is 2. The van der Waals surface area contributed by atoms with Crippen LogP contribution in [0.15, 0.2) is 18.2 Å². The van der Waals surface area contributed by atoms with Gasteiger partial charge in [-0.15, -0.1) is 0 Å². The number of amides is 1. The van der Waals surface area contributed by atoms with E-state index in [1.54, 1.807) is 19.1 Å². The Morgan fingerprint density at radius 2 is 2.40 bits per heavy atom. The predicted octanol–water partition coefficient (Wildman–Crippen LogP) is 1.22. The molecule has 1 aromatic rings. The number of nitro groups is 1. The average molecular weight is 279 g/mol. The zero-order chi connectivity index (χ0) is 14.5. The number of nitrogens with one attached hydrogen (secondary N) is 2. The third-order valence-electron chi connectivity index (χ3n) is 3.11. The van der Waals surface area contributed by atoms with E-state index >= 15 is 0 Å². The number of hydrogen-bond acceptors (Lipinski definition) is 5. The van der Waals surface area contributed by atoms with Crippen molar-refractivity contribution in [1.29, 1.82) is 0 Å². The van der Waals surface area contributed by atoms with Crippen LogP contribution >= 0.6 is 0 Å². The smallest absolute Gasteiger partial charge is 0.274 e. The molecule has 1 unspecified atom stereocenters. The van der Waals surface area contributed by atoms with E-state index in [0.29, 0.717) is 24.4 Å². The molecule has 0 aliphatic carbocycles. The standard InChI is InChI=1S/C13H17N3O4/c1-9-2-3-10(6-12(9)16(18)19)15-13(17)7-11-8-14-4-5-20-11/h2-3,6,11,14H,4-5,7-8H2,1H3,(H,15,17). The van der Waals surface area contributed by atoms with Crippen LogP contribution in [0.25, 0.3) is 0 Å².